The zero-order chi connectivity index (χ0) is 20.0. The van der Waals surface area contributed by atoms with Gasteiger partial charge >= 0.3 is 5.76 Å². The SMILES string of the molecule is COc1cccc(COC(C)C(=O)Nc2ccc(S(=O)(=O)C(F)F)cc2)c1. The minimum absolute atomic E-state index is 0.192. The maximum Gasteiger partial charge on any atom is 0.341 e. The topological polar surface area (TPSA) is 81.7 Å². The second kappa shape index (κ2) is 8.92. The van der Waals surface area contributed by atoms with Gasteiger partial charge in [0.15, 0.2) is 0 Å². The second-order valence-electron chi connectivity index (χ2n) is 5.62. The van der Waals surface area contributed by atoms with E-state index in [9.17, 15) is 22.0 Å². The number of benzene rings is 2. The van der Waals surface area contributed by atoms with Crippen molar-refractivity contribution in [2.75, 3.05) is 12.4 Å². The molecule has 146 valence electrons. The normalized spacial score (nSPS) is 12.6. The first-order valence-corrected chi connectivity index (χ1v) is 9.46. The molecule has 1 N–H and O–H groups in total. The number of nitrogens with one attached hydrogen (secondary N) is 1. The van der Waals surface area contributed by atoms with E-state index in [0.29, 0.717) is 5.75 Å². The molecule has 0 heterocycles. The fraction of sp³-hybridized carbons (Fsp3) is 0.278. The number of anilines is 1. The van der Waals surface area contributed by atoms with Crippen molar-refractivity contribution in [3.8, 4) is 5.75 Å². The molecule has 0 fully saturated rings. The third kappa shape index (κ3) is 5.48. The Hall–Kier alpha value is -2.52. The summed E-state index contributed by atoms with van der Waals surface area (Å²) in [5, 5.41) is 2.54. The number of ether oxygens (including phenoxy) is 2. The van der Waals surface area contributed by atoms with Crippen molar-refractivity contribution in [1.29, 1.82) is 0 Å². The summed E-state index contributed by atoms with van der Waals surface area (Å²) in [6.07, 6.45) is -0.791. The van der Waals surface area contributed by atoms with Crippen LogP contribution in [-0.2, 0) is 26.0 Å². The van der Waals surface area contributed by atoms with Crippen LogP contribution in [-0.4, -0.2) is 33.3 Å². The number of hydrogen-bond acceptors (Lipinski definition) is 5. The quantitative estimate of drug-likeness (QED) is 0.737. The van der Waals surface area contributed by atoms with E-state index < -0.39 is 32.5 Å². The summed E-state index contributed by atoms with van der Waals surface area (Å²) in [6.45, 7) is 1.75. The summed E-state index contributed by atoms with van der Waals surface area (Å²) in [7, 11) is -3.11. The maximum absolute atomic E-state index is 12.5. The Morgan fingerprint density at radius 2 is 1.81 bits per heavy atom. The average molecular weight is 399 g/mol. The molecule has 0 aliphatic heterocycles. The number of methoxy groups -OCH3 is 1. The molecule has 0 radical (unpaired) electrons. The van der Waals surface area contributed by atoms with Gasteiger partial charge in [-0.1, -0.05) is 12.1 Å². The molecule has 0 spiro atoms. The van der Waals surface area contributed by atoms with Gasteiger partial charge in [0.05, 0.1) is 18.6 Å². The molecule has 1 amide bonds. The summed E-state index contributed by atoms with van der Waals surface area (Å²) >= 11 is 0. The lowest BCUT2D eigenvalue weighted by Gasteiger charge is -2.14. The molecule has 0 saturated heterocycles. The van der Waals surface area contributed by atoms with Gasteiger partial charge in [0, 0.05) is 5.69 Å². The van der Waals surface area contributed by atoms with Gasteiger partial charge in [-0.2, -0.15) is 8.78 Å². The van der Waals surface area contributed by atoms with Gasteiger partial charge in [0.2, 0.25) is 9.84 Å². The smallest absolute Gasteiger partial charge is 0.341 e. The first-order chi connectivity index (χ1) is 12.7. The number of rotatable bonds is 8. The van der Waals surface area contributed by atoms with Crippen molar-refractivity contribution in [2.24, 2.45) is 0 Å². The van der Waals surface area contributed by atoms with E-state index in [1.807, 2.05) is 6.07 Å². The van der Waals surface area contributed by atoms with Crippen molar-refractivity contribution in [2.45, 2.75) is 30.3 Å². The van der Waals surface area contributed by atoms with Crippen LogP contribution < -0.4 is 10.1 Å². The summed E-state index contributed by atoms with van der Waals surface area (Å²) in [5.41, 5.74) is 1.10. The number of hydrogen-bond donors (Lipinski definition) is 1. The molecular weight excluding hydrogens is 380 g/mol. The number of alkyl halides is 2. The fourth-order valence-corrected chi connectivity index (χ4v) is 2.86. The lowest BCUT2D eigenvalue weighted by molar-refractivity contribution is -0.127. The van der Waals surface area contributed by atoms with Crippen molar-refractivity contribution in [1.82, 2.24) is 0 Å². The molecule has 0 bridgehead atoms. The highest BCUT2D eigenvalue weighted by Crippen LogP contribution is 2.20. The van der Waals surface area contributed by atoms with Crippen LogP contribution >= 0.6 is 0 Å². The molecule has 1 atom stereocenters. The largest absolute Gasteiger partial charge is 0.497 e. The highest BCUT2D eigenvalue weighted by atomic mass is 32.2. The Morgan fingerprint density at radius 3 is 2.41 bits per heavy atom. The fourth-order valence-electron chi connectivity index (χ4n) is 2.13. The van der Waals surface area contributed by atoms with Crippen molar-refractivity contribution < 1.29 is 31.5 Å². The lowest BCUT2D eigenvalue weighted by Crippen LogP contribution is -2.27. The van der Waals surface area contributed by atoms with Crippen molar-refractivity contribution >= 4 is 21.4 Å². The van der Waals surface area contributed by atoms with E-state index in [1.165, 1.54) is 12.1 Å². The van der Waals surface area contributed by atoms with Crippen molar-refractivity contribution in [3.05, 3.63) is 54.1 Å². The van der Waals surface area contributed by atoms with Crippen LogP contribution in [0, 0.1) is 0 Å². The Morgan fingerprint density at radius 1 is 1.15 bits per heavy atom. The number of amides is 1. The highest BCUT2D eigenvalue weighted by Gasteiger charge is 2.26. The predicted molar refractivity (Wildman–Crippen MR) is 95.5 cm³/mol. The highest BCUT2D eigenvalue weighted by molar-refractivity contribution is 7.91. The predicted octanol–water partition coefficient (Wildman–Crippen LogP) is 3.24. The molecule has 2 rings (SSSR count). The number of halogens is 2. The van der Waals surface area contributed by atoms with Gasteiger partial charge in [-0.3, -0.25) is 4.79 Å². The summed E-state index contributed by atoms with van der Waals surface area (Å²) < 4.78 is 58.4. The minimum atomic E-state index is -4.66. The number of carbonyl (C=O) groups is 1. The van der Waals surface area contributed by atoms with Crippen LogP contribution in [0.25, 0.3) is 0 Å². The Kier molecular flexibility index (Phi) is 6.86. The van der Waals surface area contributed by atoms with E-state index in [0.717, 1.165) is 17.7 Å². The Labute approximate surface area is 156 Å². The Balaban J connectivity index is 1.94. The average Bonchev–Trinajstić information content (AvgIpc) is 2.66. The van der Waals surface area contributed by atoms with Crippen LogP contribution in [0.3, 0.4) is 0 Å². The third-order valence-corrected chi connectivity index (χ3v) is 5.09. The molecule has 0 saturated carbocycles. The zero-order valence-electron chi connectivity index (χ0n) is 14.7. The van der Waals surface area contributed by atoms with Crippen LogP contribution in [0.2, 0.25) is 0 Å². The van der Waals surface area contributed by atoms with Crippen LogP contribution in [0.15, 0.2) is 53.4 Å². The van der Waals surface area contributed by atoms with Crippen LogP contribution in [0.1, 0.15) is 12.5 Å². The lowest BCUT2D eigenvalue weighted by atomic mass is 10.2. The summed E-state index contributed by atoms with van der Waals surface area (Å²) in [5.74, 6) is -3.28. The Bertz CT molecular complexity index is 885. The van der Waals surface area contributed by atoms with E-state index in [1.54, 1.807) is 32.2 Å². The van der Waals surface area contributed by atoms with Gasteiger partial charge in [-0.25, -0.2) is 8.42 Å². The van der Waals surface area contributed by atoms with Gasteiger partial charge in [0.1, 0.15) is 11.9 Å². The summed E-state index contributed by atoms with van der Waals surface area (Å²) in [4.78, 5) is 11.6. The number of sulfone groups is 1. The van der Waals surface area contributed by atoms with Crippen LogP contribution in [0.4, 0.5) is 14.5 Å². The third-order valence-electron chi connectivity index (χ3n) is 3.69. The van der Waals surface area contributed by atoms with Crippen molar-refractivity contribution in [3.63, 3.8) is 0 Å². The molecule has 9 heteroatoms. The van der Waals surface area contributed by atoms with Crippen LogP contribution in [0.5, 0.6) is 5.75 Å². The van der Waals surface area contributed by atoms with E-state index >= 15 is 0 Å². The summed E-state index contributed by atoms with van der Waals surface area (Å²) in [6, 6.07) is 11.7. The van der Waals surface area contributed by atoms with Gasteiger partial charge in [-0.05, 0) is 48.9 Å². The van der Waals surface area contributed by atoms with E-state index in [-0.39, 0.29) is 12.3 Å². The molecule has 0 aliphatic carbocycles. The van der Waals surface area contributed by atoms with E-state index in [4.69, 9.17) is 9.47 Å². The molecule has 2 aromatic rings. The standard InChI is InChI=1S/C18H19F2NO5S/c1-12(26-11-13-4-3-5-15(10-13)25-2)17(22)21-14-6-8-16(9-7-14)27(23,24)18(19)20/h3-10,12,18H,11H2,1-2H3,(H,21,22). The first-order valence-electron chi connectivity index (χ1n) is 7.91. The van der Waals surface area contributed by atoms with Gasteiger partial charge in [-0.15, -0.1) is 0 Å². The molecule has 6 nitrogen and oxygen atoms in total. The molecule has 1 unspecified atom stereocenters. The molecule has 2 aromatic carbocycles. The molecular formula is C18H19F2NO5S. The monoisotopic (exact) mass is 399 g/mol. The van der Waals surface area contributed by atoms with Gasteiger partial charge in [0.25, 0.3) is 5.91 Å². The minimum Gasteiger partial charge on any atom is -0.497 e. The first kappa shape index (κ1) is 20.8. The maximum atomic E-state index is 12.5. The number of carbonyl (C=O) groups excluding carboxylic acids is 1. The second-order valence-corrected chi connectivity index (χ2v) is 7.54. The zero-order valence-corrected chi connectivity index (χ0v) is 15.5. The van der Waals surface area contributed by atoms with E-state index in [2.05, 4.69) is 5.32 Å². The van der Waals surface area contributed by atoms with Gasteiger partial charge < -0.3 is 14.8 Å². The molecule has 0 aromatic heterocycles. The molecule has 0 aliphatic rings. The molecule has 27 heavy (non-hydrogen) atoms.